The van der Waals surface area contributed by atoms with Gasteiger partial charge in [0.1, 0.15) is 11.4 Å². The van der Waals surface area contributed by atoms with E-state index >= 15 is 4.39 Å². The molecule has 0 aliphatic carbocycles. The van der Waals surface area contributed by atoms with E-state index in [0.717, 1.165) is 42.9 Å². The number of hydrogen-bond acceptors (Lipinski definition) is 9. The molecule has 1 N–H and O–H groups in total. The van der Waals surface area contributed by atoms with Crippen LogP contribution in [0.4, 0.5) is 23.2 Å². The summed E-state index contributed by atoms with van der Waals surface area (Å²) in [6, 6.07) is 19.8. The van der Waals surface area contributed by atoms with Crippen LogP contribution in [-0.4, -0.2) is 65.3 Å². The van der Waals surface area contributed by atoms with Crippen molar-refractivity contribution in [2.45, 2.75) is 32.0 Å². The zero-order valence-corrected chi connectivity index (χ0v) is 29.6. The van der Waals surface area contributed by atoms with Gasteiger partial charge in [-0.1, -0.05) is 30.7 Å². The van der Waals surface area contributed by atoms with Gasteiger partial charge in [0.05, 0.1) is 30.1 Å². The van der Waals surface area contributed by atoms with E-state index in [1.807, 2.05) is 0 Å². The number of rotatable bonds is 12. The number of fused-ring (bicyclic) bond motifs is 2. The van der Waals surface area contributed by atoms with Gasteiger partial charge in [-0.2, -0.15) is 5.10 Å². The number of carbonyl (C=O) groups is 1. The van der Waals surface area contributed by atoms with Crippen molar-refractivity contribution >= 4 is 33.4 Å². The second-order valence-electron chi connectivity index (χ2n) is 12.8. The Bertz CT molecular complexity index is 2420. The quantitative estimate of drug-likeness (QED) is 0.0973. The fourth-order valence-electron chi connectivity index (χ4n) is 6.47. The number of aromatic nitrogens is 3. The number of hydrogen-bond donors (Lipinski definition) is 1. The third-order valence-electron chi connectivity index (χ3n) is 9.05. The number of methoxy groups -OCH3 is 1. The molecule has 4 aromatic carbocycles. The van der Waals surface area contributed by atoms with Gasteiger partial charge in [0.25, 0.3) is 5.91 Å². The van der Waals surface area contributed by atoms with Gasteiger partial charge in [-0.05, 0) is 80.9 Å². The minimum Gasteiger partial charge on any atom is -0.493 e. The number of nitrogens with one attached hydrogen (secondary N) is 1. The summed E-state index contributed by atoms with van der Waals surface area (Å²) in [5, 5.41) is 7.14. The highest BCUT2D eigenvalue weighted by atomic mass is 19.4. The van der Waals surface area contributed by atoms with Crippen molar-refractivity contribution < 1.29 is 41.3 Å². The highest BCUT2D eigenvalue weighted by molar-refractivity contribution is 6.04. The van der Waals surface area contributed by atoms with Gasteiger partial charge < -0.3 is 29.2 Å². The minimum atomic E-state index is -5.02. The Morgan fingerprint density at radius 1 is 0.855 bits per heavy atom. The number of ether oxygens (including phenoxy) is 4. The second kappa shape index (κ2) is 16.0. The van der Waals surface area contributed by atoms with Gasteiger partial charge in [0.2, 0.25) is 5.43 Å². The molecule has 0 saturated carbocycles. The number of benzene rings is 4. The number of amides is 1. The fraction of sp³-hybridized carbons (Fsp3) is 0.250. The van der Waals surface area contributed by atoms with Crippen LogP contribution in [0, 0.1) is 5.82 Å². The van der Waals surface area contributed by atoms with Gasteiger partial charge >= 0.3 is 6.36 Å². The molecule has 1 amide bonds. The van der Waals surface area contributed by atoms with Crippen molar-refractivity contribution in [2.75, 3.05) is 38.7 Å². The third-order valence-corrected chi connectivity index (χ3v) is 9.05. The molecule has 15 heteroatoms. The lowest BCUT2D eigenvalue weighted by Crippen LogP contribution is -2.31. The van der Waals surface area contributed by atoms with Crippen molar-refractivity contribution in [3.8, 4) is 34.4 Å². The maximum absolute atomic E-state index is 15.5. The van der Waals surface area contributed by atoms with E-state index < -0.39 is 35.0 Å². The molecule has 7 rings (SSSR count). The number of pyridine rings is 1. The van der Waals surface area contributed by atoms with Gasteiger partial charge in [0, 0.05) is 35.9 Å². The maximum atomic E-state index is 15.5. The summed E-state index contributed by atoms with van der Waals surface area (Å²) in [6.45, 7) is 3.68. The van der Waals surface area contributed by atoms with E-state index in [0.29, 0.717) is 29.0 Å². The molecule has 0 spiro atoms. The van der Waals surface area contributed by atoms with Crippen molar-refractivity contribution in [1.82, 2.24) is 19.7 Å². The predicted octanol–water partition coefficient (Wildman–Crippen LogP) is 8.28. The molecule has 0 atom stereocenters. The summed E-state index contributed by atoms with van der Waals surface area (Å²) in [6.07, 6.45) is 1.09. The van der Waals surface area contributed by atoms with Crippen LogP contribution in [0.5, 0.6) is 28.7 Å². The Kier molecular flexibility index (Phi) is 10.8. The number of anilines is 1. The third kappa shape index (κ3) is 8.46. The molecule has 1 aliphatic rings. The smallest absolute Gasteiger partial charge is 0.493 e. The lowest BCUT2D eigenvalue weighted by atomic mass is 10.1. The number of piperidine rings is 1. The van der Waals surface area contributed by atoms with Gasteiger partial charge in [0.15, 0.2) is 34.5 Å². The molecule has 284 valence electrons. The number of likely N-dealkylation sites (tertiary alicyclic amines) is 1. The monoisotopic (exact) mass is 757 g/mol. The van der Waals surface area contributed by atoms with E-state index in [1.165, 1.54) is 81.1 Å². The molecule has 0 bridgehead atoms. The Hall–Kier alpha value is -6.22. The van der Waals surface area contributed by atoms with Crippen LogP contribution >= 0.6 is 0 Å². The van der Waals surface area contributed by atoms with E-state index in [1.54, 1.807) is 24.3 Å². The molecule has 11 nitrogen and oxygen atoms in total. The first-order valence-electron chi connectivity index (χ1n) is 17.6. The fourth-order valence-corrected chi connectivity index (χ4v) is 6.47. The molecule has 0 radical (unpaired) electrons. The average molecular weight is 758 g/mol. The SMILES string of the molecule is COc1cc2c(Oc3ccc(NC(=O)c4nn(-c5ccccc5OC(F)(F)F)c5ccccc5c4=O)cc3F)ccnc2cc1OCCCN1CCCCC1. The number of para-hydroxylation sites is 3. The molecule has 55 heavy (non-hydrogen) atoms. The van der Waals surface area contributed by atoms with Crippen LogP contribution in [0.3, 0.4) is 0 Å². The van der Waals surface area contributed by atoms with Crippen LogP contribution in [0.25, 0.3) is 27.5 Å². The van der Waals surface area contributed by atoms with Gasteiger partial charge in [-0.25, -0.2) is 9.07 Å². The van der Waals surface area contributed by atoms with Crippen molar-refractivity contribution in [3.63, 3.8) is 0 Å². The molecule has 0 unspecified atom stereocenters. The normalized spacial score (nSPS) is 13.5. The summed E-state index contributed by atoms with van der Waals surface area (Å²) in [5.74, 6) is -1.38. The topological polar surface area (TPSA) is 117 Å². The van der Waals surface area contributed by atoms with E-state index in [2.05, 4.69) is 25.0 Å². The van der Waals surface area contributed by atoms with Crippen LogP contribution in [0.1, 0.15) is 36.2 Å². The Morgan fingerprint density at radius 2 is 1.64 bits per heavy atom. The summed E-state index contributed by atoms with van der Waals surface area (Å²) in [5.41, 5.74) is -0.989. The van der Waals surface area contributed by atoms with E-state index in [4.69, 9.17) is 14.2 Å². The molecule has 2 aromatic heterocycles. The lowest BCUT2D eigenvalue weighted by Gasteiger charge is -2.26. The van der Waals surface area contributed by atoms with Crippen LogP contribution in [0.2, 0.25) is 0 Å². The van der Waals surface area contributed by atoms with Gasteiger partial charge in [-0.15, -0.1) is 13.2 Å². The van der Waals surface area contributed by atoms with Crippen LogP contribution in [-0.2, 0) is 0 Å². The molecular weight excluding hydrogens is 722 g/mol. The molecule has 3 heterocycles. The standard InChI is InChI=1S/C40H35F4N5O6/c1-52-35-23-27-29(24-36(35)53-21-9-20-48-18-7-2-8-19-48)45-17-16-32(27)54-33-15-14-25(22-28(33)41)46-39(51)37-38(50)26-10-3-4-11-30(26)49(47-37)31-12-5-6-13-34(31)55-40(42,43)44/h3-6,10-17,22-24H,2,7-9,18-21H2,1H3,(H,46,51). The van der Waals surface area contributed by atoms with Crippen molar-refractivity contribution in [1.29, 1.82) is 0 Å². The largest absolute Gasteiger partial charge is 0.573 e. The van der Waals surface area contributed by atoms with Crippen LogP contribution < -0.4 is 29.7 Å². The highest BCUT2D eigenvalue weighted by Crippen LogP contribution is 2.38. The second-order valence-corrected chi connectivity index (χ2v) is 12.8. The zero-order valence-electron chi connectivity index (χ0n) is 29.6. The summed E-state index contributed by atoms with van der Waals surface area (Å²) in [4.78, 5) is 33.8. The Labute approximate surface area is 312 Å². The van der Waals surface area contributed by atoms with Crippen molar-refractivity contribution in [2.24, 2.45) is 0 Å². The summed E-state index contributed by atoms with van der Waals surface area (Å²) >= 11 is 0. The first-order chi connectivity index (χ1) is 26.6. The Balaban J connectivity index is 1.10. The molecule has 1 aliphatic heterocycles. The number of alkyl halides is 3. The maximum Gasteiger partial charge on any atom is 0.573 e. The minimum absolute atomic E-state index is 0.00661. The number of halogens is 4. The van der Waals surface area contributed by atoms with Gasteiger partial charge in [-0.3, -0.25) is 14.6 Å². The number of carbonyl (C=O) groups excluding carboxylic acids is 1. The molecule has 6 aromatic rings. The molecular formula is C40H35F4N5O6. The summed E-state index contributed by atoms with van der Waals surface area (Å²) in [7, 11) is 1.52. The molecule has 1 saturated heterocycles. The Morgan fingerprint density at radius 3 is 2.42 bits per heavy atom. The molecule has 1 fully saturated rings. The predicted molar refractivity (Wildman–Crippen MR) is 197 cm³/mol. The van der Waals surface area contributed by atoms with E-state index in [9.17, 15) is 22.8 Å². The average Bonchev–Trinajstić information content (AvgIpc) is 3.17. The summed E-state index contributed by atoms with van der Waals surface area (Å²) < 4.78 is 78.1. The number of nitrogens with zero attached hydrogens (tertiary/aromatic N) is 4. The first-order valence-corrected chi connectivity index (χ1v) is 17.6. The highest BCUT2D eigenvalue weighted by Gasteiger charge is 2.33. The van der Waals surface area contributed by atoms with Crippen LogP contribution in [0.15, 0.2) is 95.9 Å². The zero-order chi connectivity index (χ0) is 38.5. The van der Waals surface area contributed by atoms with E-state index in [-0.39, 0.29) is 33.8 Å². The lowest BCUT2D eigenvalue weighted by molar-refractivity contribution is -0.274. The first kappa shape index (κ1) is 37.1. The van der Waals surface area contributed by atoms with Crippen molar-refractivity contribution in [3.05, 3.63) is 113 Å².